The van der Waals surface area contributed by atoms with Gasteiger partial charge in [0, 0.05) is 10.5 Å². The fraction of sp³-hybridized carbons (Fsp3) is 1.00. The van der Waals surface area contributed by atoms with E-state index in [-0.39, 0.29) is 0 Å². The van der Waals surface area contributed by atoms with Gasteiger partial charge in [0.1, 0.15) is 0 Å². The van der Waals surface area contributed by atoms with E-state index in [1.54, 1.807) is 0 Å². The highest BCUT2D eigenvalue weighted by atomic mass is 32.1. The Hall–Kier alpha value is 0.700. The highest BCUT2D eigenvalue weighted by Crippen LogP contribution is 2.66. The van der Waals surface area contributed by atoms with E-state index in [9.17, 15) is 0 Å². The van der Waals surface area contributed by atoms with Crippen molar-refractivity contribution in [2.75, 3.05) is 0 Å². The Balaban J connectivity index is 1.62. The fourth-order valence-electron chi connectivity index (χ4n) is 7.21. The van der Waals surface area contributed by atoms with Crippen LogP contribution in [-0.2, 0) is 0 Å². The standard InChI is InChI=1S/C19H32S2/c1-18-9-7-13(20)11-12(18)3-4-14-15-5-6-17(21)19(15,2)10-8-16(14)18/h12-17,20-21H,3-11H2,1-2H3/t12-,13-,14-,15-,16-,17-,18-,19-/m0/s1. The van der Waals surface area contributed by atoms with Gasteiger partial charge >= 0.3 is 0 Å². The summed E-state index contributed by atoms with van der Waals surface area (Å²) in [5.41, 5.74) is 1.19. The topological polar surface area (TPSA) is 0 Å². The summed E-state index contributed by atoms with van der Waals surface area (Å²) < 4.78 is 0. The first kappa shape index (κ1) is 15.2. The van der Waals surface area contributed by atoms with Gasteiger partial charge in [-0.05, 0) is 92.3 Å². The van der Waals surface area contributed by atoms with E-state index < -0.39 is 0 Å². The highest BCUT2D eigenvalue weighted by molar-refractivity contribution is 7.81. The fourth-order valence-corrected chi connectivity index (χ4v) is 8.06. The van der Waals surface area contributed by atoms with Gasteiger partial charge in [0.15, 0.2) is 0 Å². The lowest BCUT2D eigenvalue weighted by Gasteiger charge is -2.60. The molecule has 4 rings (SSSR count). The minimum Gasteiger partial charge on any atom is -0.176 e. The first-order chi connectivity index (χ1) is 9.95. The smallest absolute Gasteiger partial charge is 0.00735 e. The Labute approximate surface area is 142 Å². The van der Waals surface area contributed by atoms with Crippen LogP contribution in [0.25, 0.3) is 0 Å². The summed E-state index contributed by atoms with van der Waals surface area (Å²) in [5, 5.41) is 1.35. The summed E-state index contributed by atoms with van der Waals surface area (Å²) in [4.78, 5) is 0. The monoisotopic (exact) mass is 324 g/mol. The van der Waals surface area contributed by atoms with E-state index in [0.717, 1.165) is 23.7 Å². The van der Waals surface area contributed by atoms with Gasteiger partial charge in [-0.2, -0.15) is 25.3 Å². The molecule has 0 spiro atoms. The molecule has 4 aliphatic rings. The van der Waals surface area contributed by atoms with Crippen LogP contribution in [0.3, 0.4) is 0 Å². The minimum absolute atomic E-state index is 0.550. The van der Waals surface area contributed by atoms with Crippen LogP contribution in [0.15, 0.2) is 0 Å². The molecule has 0 aliphatic heterocycles. The maximum Gasteiger partial charge on any atom is 0.00735 e. The number of fused-ring (bicyclic) bond motifs is 5. The van der Waals surface area contributed by atoms with Crippen molar-refractivity contribution >= 4 is 25.3 Å². The van der Waals surface area contributed by atoms with E-state index in [1.165, 1.54) is 57.8 Å². The molecule has 0 bridgehead atoms. The van der Waals surface area contributed by atoms with Gasteiger partial charge in [-0.15, -0.1) is 0 Å². The van der Waals surface area contributed by atoms with Crippen molar-refractivity contribution in [2.45, 2.75) is 82.1 Å². The van der Waals surface area contributed by atoms with Gasteiger partial charge in [0.05, 0.1) is 0 Å². The second kappa shape index (κ2) is 5.10. The molecule has 0 saturated heterocycles. The summed E-state index contributed by atoms with van der Waals surface area (Å²) in [7, 11) is 0. The Morgan fingerprint density at radius 3 is 2.29 bits per heavy atom. The molecule has 0 aromatic heterocycles. The molecule has 120 valence electrons. The van der Waals surface area contributed by atoms with Crippen molar-refractivity contribution in [1.29, 1.82) is 0 Å². The Morgan fingerprint density at radius 1 is 0.762 bits per heavy atom. The van der Waals surface area contributed by atoms with E-state index >= 15 is 0 Å². The van der Waals surface area contributed by atoms with Gasteiger partial charge in [-0.3, -0.25) is 0 Å². The van der Waals surface area contributed by atoms with Crippen molar-refractivity contribution in [3.05, 3.63) is 0 Å². The lowest BCUT2D eigenvalue weighted by atomic mass is 9.45. The van der Waals surface area contributed by atoms with Crippen molar-refractivity contribution < 1.29 is 0 Å². The molecule has 0 aromatic carbocycles. The Kier molecular flexibility index (Phi) is 3.70. The van der Waals surface area contributed by atoms with Gasteiger partial charge < -0.3 is 0 Å². The third-order valence-electron chi connectivity index (χ3n) is 8.59. The average Bonchev–Trinajstić information content (AvgIpc) is 2.76. The lowest BCUT2D eigenvalue weighted by Crippen LogP contribution is -2.53. The van der Waals surface area contributed by atoms with Crippen LogP contribution in [-0.4, -0.2) is 10.5 Å². The van der Waals surface area contributed by atoms with Crippen molar-refractivity contribution in [1.82, 2.24) is 0 Å². The molecule has 0 nitrogen and oxygen atoms in total. The van der Waals surface area contributed by atoms with Crippen LogP contribution in [0.4, 0.5) is 0 Å². The summed E-state index contributed by atoms with van der Waals surface area (Å²) >= 11 is 9.78. The van der Waals surface area contributed by atoms with E-state index in [4.69, 9.17) is 25.3 Å². The molecule has 0 heterocycles. The maximum absolute atomic E-state index is 4.97. The van der Waals surface area contributed by atoms with Gasteiger partial charge in [-0.1, -0.05) is 13.8 Å². The van der Waals surface area contributed by atoms with Gasteiger partial charge in [0.2, 0.25) is 0 Å². The second-order valence-corrected chi connectivity index (χ2v) is 10.6. The molecule has 21 heavy (non-hydrogen) atoms. The quantitative estimate of drug-likeness (QED) is 0.530. The summed E-state index contributed by atoms with van der Waals surface area (Å²) in [6.07, 6.45) is 12.9. The predicted molar refractivity (Wildman–Crippen MR) is 97.3 cm³/mol. The lowest BCUT2D eigenvalue weighted by molar-refractivity contribution is -0.101. The first-order valence-electron chi connectivity index (χ1n) is 9.31. The van der Waals surface area contributed by atoms with E-state index in [0.29, 0.717) is 21.3 Å². The van der Waals surface area contributed by atoms with Crippen LogP contribution in [0.2, 0.25) is 0 Å². The van der Waals surface area contributed by atoms with Crippen molar-refractivity contribution in [3.8, 4) is 0 Å². The largest absolute Gasteiger partial charge is 0.176 e. The SMILES string of the molecule is C[C@]12CC[C@H](S)C[C@@H]1CC[C@@H]1[C@@H]2CC[C@]2(C)[C@@H](S)CC[C@@H]12. The molecule has 0 unspecified atom stereocenters. The Morgan fingerprint density at radius 2 is 1.48 bits per heavy atom. The molecular weight excluding hydrogens is 292 g/mol. The maximum atomic E-state index is 4.97. The molecule has 4 saturated carbocycles. The number of thiol groups is 2. The molecule has 4 fully saturated rings. The Bertz CT molecular complexity index is 422. The molecular formula is C19H32S2. The van der Waals surface area contributed by atoms with Crippen molar-refractivity contribution in [2.24, 2.45) is 34.5 Å². The highest BCUT2D eigenvalue weighted by Gasteiger charge is 2.59. The third-order valence-corrected chi connectivity index (χ3v) is 9.91. The van der Waals surface area contributed by atoms with Crippen LogP contribution in [0, 0.1) is 34.5 Å². The molecule has 8 atom stereocenters. The van der Waals surface area contributed by atoms with Crippen molar-refractivity contribution in [3.63, 3.8) is 0 Å². The molecule has 0 radical (unpaired) electrons. The number of rotatable bonds is 0. The summed E-state index contributed by atoms with van der Waals surface area (Å²) in [5.74, 6) is 3.96. The van der Waals surface area contributed by atoms with Crippen LogP contribution < -0.4 is 0 Å². The minimum atomic E-state index is 0.550. The van der Waals surface area contributed by atoms with Crippen LogP contribution in [0.5, 0.6) is 0 Å². The zero-order valence-electron chi connectivity index (χ0n) is 13.7. The summed E-state index contributed by atoms with van der Waals surface area (Å²) in [6.45, 7) is 5.22. The van der Waals surface area contributed by atoms with Gasteiger partial charge in [0.25, 0.3) is 0 Å². The normalized spacial score (nSPS) is 60.0. The first-order valence-corrected chi connectivity index (χ1v) is 10.3. The summed E-state index contributed by atoms with van der Waals surface area (Å²) in [6, 6.07) is 0. The molecule has 0 amide bonds. The number of hydrogen-bond donors (Lipinski definition) is 2. The molecule has 0 aromatic rings. The van der Waals surface area contributed by atoms with Gasteiger partial charge in [-0.25, -0.2) is 0 Å². The molecule has 0 N–H and O–H groups in total. The average molecular weight is 325 g/mol. The van der Waals surface area contributed by atoms with Crippen LogP contribution in [0.1, 0.15) is 71.6 Å². The second-order valence-electron chi connectivity index (χ2n) is 9.22. The third kappa shape index (κ3) is 2.10. The predicted octanol–water partition coefficient (Wildman–Crippen LogP) is 5.63. The zero-order valence-corrected chi connectivity index (χ0v) is 15.5. The zero-order chi connectivity index (χ0) is 14.8. The number of hydrogen-bond acceptors (Lipinski definition) is 2. The molecule has 4 aliphatic carbocycles. The van der Waals surface area contributed by atoms with Crippen LogP contribution >= 0.6 is 25.3 Å². The van der Waals surface area contributed by atoms with E-state index in [1.807, 2.05) is 0 Å². The molecule has 2 heteroatoms. The van der Waals surface area contributed by atoms with E-state index in [2.05, 4.69) is 13.8 Å².